The van der Waals surface area contributed by atoms with E-state index in [1.54, 1.807) is 17.3 Å². The number of pyridine rings is 1. The van der Waals surface area contributed by atoms with Gasteiger partial charge in [-0.05, 0) is 43.0 Å². The average Bonchev–Trinajstić information content (AvgIpc) is 2.53. The van der Waals surface area contributed by atoms with Crippen molar-refractivity contribution in [1.82, 2.24) is 4.98 Å². The molecule has 4 heteroatoms. The molecule has 0 spiro atoms. The highest BCUT2D eigenvalue weighted by molar-refractivity contribution is 5.94. The van der Waals surface area contributed by atoms with E-state index in [0.29, 0.717) is 0 Å². The summed E-state index contributed by atoms with van der Waals surface area (Å²) in [6, 6.07) is 11.6. The van der Waals surface area contributed by atoms with E-state index in [4.69, 9.17) is 4.74 Å². The van der Waals surface area contributed by atoms with Gasteiger partial charge in [-0.3, -0.25) is 9.78 Å². The number of aromatic nitrogens is 1. The molecule has 0 saturated carbocycles. The highest BCUT2D eigenvalue weighted by atomic mass is 16.5. The molecule has 1 aromatic carbocycles. The molecule has 2 rings (SSSR count). The Hall–Kier alpha value is -2.36. The molecule has 0 N–H and O–H groups in total. The molecule has 0 aliphatic rings. The zero-order chi connectivity index (χ0) is 17.7. The summed E-state index contributed by atoms with van der Waals surface area (Å²) in [5.74, 6) is 0.676. The van der Waals surface area contributed by atoms with Crippen molar-refractivity contribution >= 4 is 11.6 Å². The largest absolute Gasteiger partial charge is 0.483 e. The summed E-state index contributed by atoms with van der Waals surface area (Å²) in [6.45, 7) is 10.4. The van der Waals surface area contributed by atoms with E-state index in [0.717, 1.165) is 17.0 Å². The number of hydrogen-bond acceptors (Lipinski definition) is 3. The van der Waals surface area contributed by atoms with Gasteiger partial charge in [0.25, 0.3) is 5.91 Å². The summed E-state index contributed by atoms with van der Waals surface area (Å²) >= 11 is 0. The average molecular weight is 326 g/mol. The predicted molar refractivity (Wildman–Crippen MR) is 97.5 cm³/mol. The molecule has 1 amide bonds. The van der Waals surface area contributed by atoms with Gasteiger partial charge in [-0.25, -0.2) is 0 Å². The van der Waals surface area contributed by atoms with Crippen LogP contribution in [-0.2, 0) is 10.2 Å². The lowest BCUT2D eigenvalue weighted by Gasteiger charge is -2.27. The quantitative estimate of drug-likeness (QED) is 0.827. The monoisotopic (exact) mass is 326 g/mol. The van der Waals surface area contributed by atoms with E-state index in [2.05, 4.69) is 25.8 Å². The van der Waals surface area contributed by atoms with Gasteiger partial charge in [0.2, 0.25) is 0 Å². The second-order valence-corrected chi connectivity index (χ2v) is 7.10. The van der Waals surface area contributed by atoms with Crippen LogP contribution in [0.4, 0.5) is 5.69 Å². The zero-order valence-electron chi connectivity index (χ0n) is 15.1. The lowest BCUT2D eigenvalue weighted by Crippen LogP contribution is -2.40. The molecule has 0 radical (unpaired) electrons. The highest BCUT2D eigenvalue weighted by Crippen LogP contribution is 2.31. The van der Waals surface area contributed by atoms with Gasteiger partial charge >= 0.3 is 0 Å². The molecule has 0 fully saturated rings. The van der Waals surface area contributed by atoms with Crippen LogP contribution >= 0.6 is 0 Å². The van der Waals surface area contributed by atoms with Gasteiger partial charge in [0.1, 0.15) is 5.75 Å². The van der Waals surface area contributed by atoms with Crippen LogP contribution in [0.25, 0.3) is 0 Å². The minimum Gasteiger partial charge on any atom is -0.483 e. The predicted octanol–water partition coefficient (Wildman–Crippen LogP) is 4.20. The van der Waals surface area contributed by atoms with Gasteiger partial charge in [-0.1, -0.05) is 39.0 Å². The zero-order valence-corrected chi connectivity index (χ0v) is 15.1. The maximum atomic E-state index is 12.7. The molecular weight excluding hydrogens is 300 g/mol. The Kier molecular flexibility index (Phi) is 5.60. The minimum absolute atomic E-state index is 0.000166. The molecule has 1 heterocycles. The molecule has 1 aromatic heterocycles. The SMILES string of the molecule is CC(C)N(C(=O)COc1ccccc1C(C)(C)C)c1cccnc1. The van der Waals surface area contributed by atoms with Crippen LogP contribution in [0.15, 0.2) is 48.8 Å². The maximum absolute atomic E-state index is 12.7. The van der Waals surface area contributed by atoms with E-state index < -0.39 is 0 Å². The topological polar surface area (TPSA) is 42.4 Å². The van der Waals surface area contributed by atoms with Crippen molar-refractivity contribution < 1.29 is 9.53 Å². The summed E-state index contributed by atoms with van der Waals surface area (Å²) in [5.41, 5.74) is 1.83. The number of amides is 1. The normalized spacial score (nSPS) is 11.4. The number of para-hydroxylation sites is 1. The molecule has 2 aromatic rings. The fraction of sp³-hybridized carbons (Fsp3) is 0.400. The number of carbonyl (C=O) groups is 1. The first-order valence-electron chi connectivity index (χ1n) is 8.25. The second kappa shape index (κ2) is 7.47. The Labute approximate surface area is 144 Å². The Morgan fingerprint density at radius 1 is 1.17 bits per heavy atom. The Bertz CT molecular complexity index is 676. The number of ether oxygens (including phenoxy) is 1. The summed E-state index contributed by atoms with van der Waals surface area (Å²) in [4.78, 5) is 18.5. The van der Waals surface area contributed by atoms with Crippen LogP contribution in [0.5, 0.6) is 5.75 Å². The van der Waals surface area contributed by atoms with E-state index in [9.17, 15) is 4.79 Å². The Balaban J connectivity index is 2.15. The summed E-state index contributed by atoms with van der Waals surface area (Å²) in [6.07, 6.45) is 3.39. The van der Waals surface area contributed by atoms with Crippen LogP contribution in [-0.4, -0.2) is 23.5 Å². The van der Waals surface area contributed by atoms with Crippen molar-refractivity contribution in [3.8, 4) is 5.75 Å². The smallest absolute Gasteiger partial charge is 0.265 e. The molecule has 0 aliphatic heterocycles. The van der Waals surface area contributed by atoms with Crippen LogP contribution in [0, 0.1) is 0 Å². The third-order valence-corrected chi connectivity index (χ3v) is 3.76. The molecular formula is C20H26N2O2. The van der Waals surface area contributed by atoms with Crippen molar-refractivity contribution in [2.75, 3.05) is 11.5 Å². The number of nitrogens with zero attached hydrogens (tertiary/aromatic N) is 2. The van der Waals surface area contributed by atoms with Gasteiger partial charge in [-0.15, -0.1) is 0 Å². The van der Waals surface area contributed by atoms with Gasteiger partial charge in [0.05, 0.1) is 11.9 Å². The fourth-order valence-electron chi connectivity index (χ4n) is 2.65. The number of hydrogen-bond donors (Lipinski definition) is 0. The van der Waals surface area contributed by atoms with E-state index in [1.807, 2.05) is 50.2 Å². The second-order valence-electron chi connectivity index (χ2n) is 7.10. The summed E-state index contributed by atoms with van der Waals surface area (Å²) in [7, 11) is 0. The number of carbonyl (C=O) groups excluding carboxylic acids is 1. The van der Waals surface area contributed by atoms with Gasteiger partial charge < -0.3 is 9.64 Å². The molecule has 0 unspecified atom stereocenters. The summed E-state index contributed by atoms with van der Waals surface area (Å²) in [5, 5.41) is 0. The minimum atomic E-state index is -0.0817. The van der Waals surface area contributed by atoms with Crippen LogP contribution in [0.3, 0.4) is 0 Å². The third-order valence-electron chi connectivity index (χ3n) is 3.76. The first-order chi connectivity index (χ1) is 11.3. The molecule has 0 aliphatic carbocycles. The van der Waals surface area contributed by atoms with Crippen molar-refractivity contribution in [2.45, 2.75) is 46.1 Å². The van der Waals surface area contributed by atoms with E-state index >= 15 is 0 Å². The molecule has 24 heavy (non-hydrogen) atoms. The molecule has 0 saturated heterocycles. The standard InChI is InChI=1S/C20H26N2O2/c1-15(2)22(16-9-8-12-21-13-16)19(23)14-24-18-11-7-6-10-17(18)20(3,4)5/h6-13,15H,14H2,1-5H3. The van der Waals surface area contributed by atoms with Crippen LogP contribution in [0.2, 0.25) is 0 Å². The Morgan fingerprint density at radius 3 is 2.46 bits per heavy atom. The van der Waals surface area contributed by atoms with Crippen molar-refractivity contribution in [2.24, 2.45) is 0 Å². The molecule has 128 valence electrons. The summed E-state index contributed by atoms with van der Waals surface area (Å²) < 4.78 is 5.87. The fourth-order valence-corrected chi connectivity index (χ4v) is 2.65. The number of anilines is 1. The van der Waals surface area contributed by atoms with E-state index in [1.165, 1.54) is 0 Å². The first-order valence-corrected chi connectivity index (χ1v) is 8.25. The van der Waals surface area contributed by atoms with Crippen molar-refractivity contribution in [3.05, 3.63) is 54.4 Å². The van der Waals surface area contributed by atoms with Gasteiger partial charge in [-0.2, -0.15) is 0 Å². The van der Waals surface area contributed by atoms with Crippen molar-refractivity contribution in [1.29, 1.82) is 0 Å². The highest BCUT2D eigenvalue weighted by Gasteiger charge is 2.22. The van der Waals surface area contributed by atoms with Gasteiger partial charge in [0.15, 0.2) is 6.61 Å². The molecule has 0 atom stereocenters. The molecule has 4 nitrogen and oxygen atoms in total. The third kappa shape index (κ3) is 4.34. The molecule has 0 bridgehead atoms. The Morgan fingerprint density at radius 2 is 1.88 bits per heavy atom. The van der Waals surface area contributed by atoms with Gasteiger partial charge in [0, 0.05) is 12.2 Å². The lowest BCUT2D eigenvalue weighted by atomic mass is 9.86. The lowest BCUT2D eigenvalue weighted by molar-refractivity contribution is -0.120. The van der Waals surface area contributed by atoms with E-state index in [-0.39, 0.29) is 24.0 Å². The van der Waals surface area contributed by atoms with Crippen LogP contribution in [0.1, 0.15) is 40.2 Å². The number of benzene rings is 1. The van der Waals surface area contributed by atoms with Crippen LogP contribution < -0.4 is 9.64 Å². The van der Waals surface area contributed by atoms with Crippen molar-refractivity contribution in [3.63, 3.8) is 0 Å². The number of rotatable bonds is 5. The first kappa shape index (κ1) is 18.0. The maximum Gasteiger partial charge on any atom is 0.265 e.